The van der Waals surface area contributed by atoms with Crippen molar-refractivity contribution in [3.05, 3.63) is 59.7 Å². The van der Waals surface area contributed by atoms with E-state index in [0.29, 0.717) is 11.3 Å². The largest absolute Gasteiger partial charge is 0.465 e. The second-order valence-corrected chi connectivity index (χ2v) is 9.17. The Morgan fingerprint density at radius 3 is 2.43 bits per heavy atom. The molecular weight excluding hydrogens is 467 g/mol. The molecule has 9 nitrogen and oxygen atoms in total. The summed E-state index contributed by atoms with van der Waals surface area (Å²) < 4.78 is 47.7. The number of aryl methyl sites for hydroxylation is 1. The van der Waals surface area contributed by atoms with Gasteiger partial charge in [-0.1, -0.05) is 44.2 Å². The Balaban J connectivity index is 1.96. The van der Waals surface area contributed by atoms with E-state index < -0.39 is 41.2 Å². The molecule has 2 atom stereocenters. The number of alkyl halides is 3. The van der Waals surface area contributed by atoms with Gasteiger partial charge < -0.3 is 20.2 Å². The minimum absolute atomic E-state index is 0.0761. The minimum Gasteiger partial charge on any atom is -0.465 e. The molecule has 188 valence electrons. The van der Waals surface area contributed by atoms with Crippen LogP contribution in [-0.4, -0.2) is 44.2 Å². The van der Waals surface area contributed by atoms with Crippen LogP contribution in [0.3, 0.4) is 0 Å². The maximum atomic E-state index is 13.6. The first-order valence-electron chi connectivity index (χ1n) is 10.7. The first-order valence-corrected chi connectivity index (χ1v) is 10.7. The van der Waals surface area contributed by atoms with E-state index in [2.05, 4.69) is 20.9 Å². The van der Waals surface area contributed by atoms with E-state index in [9.17, 15) is 27.9 Å². The molecule has 0 bridgehead atoms. The van der Waals surface area contributed by atoms with Crippen molar-refractivity contribution < 1.29 is 32.3 Å². The zero-order valence-electron chi connectivity index (χ0n) is 19.6. The molecule has 35 heavy (non-hydrogen) atoms. The molecule has 1 unspecified atom stereocenters. The van der Waals surface area contributed by atoms with Crippen molar-refractivity contribution in [1.82, 2.24) is 25.6 Å². The standard InChI is InChI=1S/C23H26F3N5O4/c1-22(2,3)19(29-21(33)34)16(9-13-7-5-6-8-15(13)23(24,25)26)28-20(32)18-10-14(12-35-18)17-11-27-30-31(17)4/h5-8,10-12,16,19,29H,9H2,1-4H3,(H,28,32)(H,33,34)/t16-,19?/m0/s1. The van der Waals surface area contributed by atoms with E-state index in [1.165, 1.54) is 41.4 Å². The van der Waals surface area contributed by atoms with Gasteiger partial charge in [-0.2, -0.15) is 13.2 Å². The number of furan rings is 1. The van der Waals surface area contributed by atoms with Crippen molar-refractivity contribution in [3.63, 3.8) is 0 Å². The van der Waals surface area contributed by atoms with E-state index in [4.69, 9.17) is 4.42 Å². The van der Waals surface area contributed by atoms with Gasteiger partial charge in [0.15, 0.2) is 5.76 Å². The Bertz CT molecular complexity index is 1200. The number of rotatable bonds is 7. The fourth-order valence-electron chi connectivity index (χ4n) is 3.90. The smallest absolute Gasteiger partial charge is 0.416 e. The van der Waals surface area contributed by atoms with E-state index in [-0.39, 0.29) is 17.7 Å². The van der Waals surface area contributed by atoms with Gasteiger partial charge >= 0.3 is 12.3 Å². The average Bonchev–Trinajstić information content (AvgIpc) is 3.39. The number of nitrogens with zero attached hydrogens (tertiary/aromatic N) is 3. The van der Waals surface area contributed by atoms with Crippen LogP contribution in [0.2, 0.25) is 0 Å². The number of hydrogen-bond acceptors (Lipinski definition) is 5. The van der Waals surface area contributed by atoms with Gasteiger partial charge in [-0.25, -0.2) is 9.48 Å². The maximum Gasteiger partial charge on any atom is 0.416 e. The number of nitrogens with one attached hydrogen (secondary N) is 2. The highest BCUT2D eigenvalue weighted by Crippen LogP contribution is 2.33. The second kappa shape index (κ2) is 9.80. The Morgan fingerprint density at radius 2 is 1.86 bits per heavy atom. The molecule has 0 saturated heterocycles. The lowest BCUT2D eigenvalue weighted by molar-refractivity contribution is -0.138. The molecule has 2 aromatic heterocycles. The van der Waals surface area contributed by atoms with E-state index in [1.54, 1.807) is 27.8 Å². The first-order chi connectivity index (χ1) is 16.3. The highest BCUT2D eigenvalue weighted by Gasteiger charge is 2.38. The molecule has 0 spiro atoms. The van der Waals surface area contributed by atoms with Crippen LogP contribution >= 0.6 is 0 Å². The van der Waals surface area contributed by atoms with Crippen LogP contribution < -0.4 is 10.6 Å². The lowest BCUT2D eigenvalue weighted by Gasteiger charge is -2.37. The minimum atomic E-state index is -4.62. The number of amides is 2. The molecule has 2 amide bonds. The monoisotopic (exact) mass is 493 g/mol. The summed E-state index contributed by atoms with van der Waals surface area (Å²) in [4.78, 5) is 24.6. The van der Waals surface area contributed by atoms with E-state index in [0.717, 1.165) is 6.07 Å². The molecule has 12 heteroatoms. The number of hydrogen-bond donors (Lipinski definition) is 3. The number of halogens is 3. The van der Waals surface area contributed by atoms with Crippen molar-refractivity contribution in [2.24, 2.45) is 12.5 Å². The second-order valence-electron chi connectivity index (χ2n) is 9.17. The average molecular weight is 493 g/mol. The van der Waals surface area contributed by atoms with Crippen molar-refractivity contribution in [3.8, 4) is 11.3 Å². The molecular formula is C23H26F3N5O4. The zero-order chi connectivity index (χ0) is 26.0. The molecule has 0 aliphatic rings. The zero-order valence-corrected chi connectivity index (χ0v) is 19.6. The van der Waals surface area contributed by atoms with Crippen molar-refractivity contribution in [2.45, 2.75) is 45.5 Å². The molecule has 0 fully saturated rings. The van der Waals surface area contributed by atoms with Crippen LogP contribution in [0.25, 0.3) is 11.3 Å². The Morgan fingerprint density at radius 1 is 1.17 bits per heavy atom. The van der Waals surface area contributed by atoms with E-state index >= 15 is 0 Å². The number of carbonyl (C=O) groups excluding carboxylic acids is 1. The van der Waals surface area contributed by atoms with Gasteiger partial charge in [0, 0.05) is 12.6 Å². The first kappa shape index (κ1) is 25.8. The van der Waals surface area contributed by atoms with Crippen LogP contribution in [0.15, 0.2) is 47.2 Å². The van der Waals surface area contributed by atoms with E-state index in [1.807, 2.05) is 0 Å². The summed E-state index contributed by atoms with van der Waals surface area (Å²) in [7, 11) is 1.66. The summed E-state index contributed by atoms with van der Waals surface area (Å²) in [6.45, 7) is 5.18. The van der Waals surface area contributed by atoms with Crippen molar-refractivity contribution in [1.29, 1.82) is 0 Å². The third kappa shape index (κ3) is 6.19. The Kier molecular flexibility index (Phi) is 7.22. The Hall–Kier alpha value is -3.83. The number of carbonyl (C=O) groups is 2. The molecule has 0 radical (unpaired) electrons. The van der Waals surface area contributed by atoms with Gasteiger partial charge in [0.1, 0.15) is 6.26 Å². The lowest BCUT2D eigenvalue weighted by Crippen LogP contribution is -2.58. The molecule has 3 rings (SSSR count). The normalized spacial score (nSPS) is 13.8. The van der Waals surface area contributed by atoms with Crippen LogP contribution in [0.5, 0.6) is 0 Å². The molecule has 1 aromatic carbocycles. The van der Waals surface area contributed by atoms with Crippen LogP contribution in [0.4, 0.5) is 18.0 Å². The van der Waals surface area contributed by atoms with Gasteiger partial charge in [-0.3, -0.25) is 4.79 Å². The number of benzene rings is 1. The third-order valence-electron chi connectivity index (χ3n) is 5.53. The summed E-state index contributed by atoms with van der Waals surface area (Å²) in [5.41, 5.74) is -0.571. The predicted octanol–water partition coefficient (Wildman–Crippen LogP) is 4.12. The topological polar surface area (TPSA) is 122 Å². The summed E-state index contributed by atoms with van der Waals surface area (Å²) in [6, 6.07) is 4.48. The molecule has 0 saturated carbocycles. The third-order valence-corrected chi connectivity index (χ3v) is 5.53. The highest BCUT2D eigenvalue weighted by atomic mass is 19.4. The highest BCUT2D eigenvalue weighted by molar-refractivity contribution is 5.93. The van der Waals surface area contributed by atoms with Crippen LogP contribution in [-0.2, 0) is 19.6 Å². The van der Waals surface area contributed by atoms with Gasteiger partial charge in [-0.15, -0.1) is 5.10 Å². The summed E-state index contributed by atoms with van der Waals surface area (Å²) in [6.07, 6.45) is -3.44. The fraction of sp³-hybridized carbons (Fsp3) is 0.391. The summed E-state index contributed by atoms with van der Waals surface area (Å²) in [5, 5.41) is 22.0. The van der Waals surface area contributed by atoms with Crippen molar-refractivity contribution >= 4 is 12.0 Å². The van der Waals surface area contributed by atoms with Crippen molar-refractivity contribution in [2.75, 3.05) is 0 Å². The predicted molar refractivity (Wildman–Crippen MR) is 120 cm³/mol. The van der Waals surface area contributed by atoms with Crippen LogP contribution in [0.1, 0.15) is 42.5 Å². The van der Waals surface area contributed by atoms with Gasteiger partial charge in [0.25, 0.3) is 5.91 Å². The van der Waals surface area contributed by atoms with Gasteiger partial charge in [-0.05, 0) is 29.5 Å². The van der Waals surface area contributed by atoms with Gasteiger partial charge in [0.2, 0.25) is 0 Å². The quantitative estimate of drug-likeness (QED) is 0.455. The molecule has 2 heterocycles. The number of aromatic nitrogens is 3. The summed E-state index contributed by atoms with van der Waals surface area (Å²) in [5.74, 6) is -0.805. The molecule has 0 aliphatic carbocycles. The SMILES string of the molecule is Cn1nncc1-c1coc(C(=O)N[C@@H](Cc2ccccc2C(F)(F)F)C(NC(=O)O)C(C)(C)C)c1. The van der Waals surface area contributed by atoms with Crippen LogP contribution in [0, 0.1) is 5.41 Å². The summed E-state index contributed by atoms with van der Waals surface area (Å²) >= 11 is 0. The molecule has 0 aliphatic heterocycles. The molecule has 3 N–H and O–H groups in total. The Labute approximate surface area is 199 Å². The molecule has 3 aromatic rings. The van der Waals surface area contributed by atoms with Gasteiger partial charge in [0.05, 0.1) is 29.5 Å². The fourth-order valence-corrected chi connectivity index (χ4v) is 3.90. The number of carboxylic acid groups (broad SMARTS) is 1. The maximum absolute atomic E-state index is 13.6. The lowest BCUT2D eigenvalue weighted by atomic mass is 9.79.